The largest absolute Gasteiger partial charge is 0.490 e. The number of anilines is 1. The van der Waals surface area contributed by atoms with E-state index < -0.39 is 5.82 Å². The summed E-state index contributed by atoms with van der Waals surface area (Å²) in [5.74, 6) is 1.25. The fourth-order valence-electron chi connectivity index (χ4n) is 2.87. The highest BCUT2D eigenvalue weighted by Gasteiger charge is 2.15. The van der Waals surface area contributed by atoms with Gasteiger partial charge in [0.05, 0.1) is 18.0 Å². The highest BCUT2D eigenvalue weighted by molar-refractivity contribution is 7.99. The molecule has 2 aromatic carbocycles. The molecule has 3 rings (SSSR count). The van der Waals surface area contributed by atoms with E-state index in [1.54, 1.807) is 12.1 Å². The molecule has 1 aromatic heterocycles. The molecule has 0 radical (unpaired) electrons. The summed E-state index contributed by atoms with van der Waals surface area (Å²) in [4.78, 5) is 12.2. The fourth-order valence-corrected chi connectivity index (χ4v) is 3.70. The number of hydrogen-bond acceptors (Lipinski definition) is 6. The molecule has 0 aliphatic carbocycles. The van der Waals surface area contributed by atoms with E-state index in [4.69, 9.17) is 9.47 Å². The van der Waals surface area contributed by atoms with Crippen molar-refractivity contribution in [2.45, 2.75) is 39.1 Å². The van der Waals surface area contributed by atoms with Gasteiger partial charge >= 0.3 is 0 Å². The molecule has 0 aliphatic heterocycles. The van der Waals surface area contributed by atoms with Gasteiger partial charge in [-0.2, -0.15) is 0 Å². The first-order chi connectivity index (χ1) is 15.0. The number of ether oxygens (including phenoxy) is 2. The van der Waals surface area contributed by atoms with Gasteiger partial charge in [0.2, 0.25) is 5.91 Å². The van der Waals surface area contributed by atoms with E-state index in [1.807, 2.05) is 43.5 Å². The molecule has 0 bridgehead atoms. The second-order valence-electron chi connectivity index (χ2n) is 6.63. The molecule has 9 heteroatoms. The van der Waals surface area contributed by atoms with Gasteiger partial charge in [0, 0.05) is 6.54 Å². The quantitative estimate of drug-likeness (QED) is 0.466. The first-order valence-corrected chi connectivity index (χ1v) is 11.0. The average molecular weight is 445 g/mol. The standard InChI is InChI=1S/C22H25FN4O3S/c1-4-27-20(13-30-18-11-10-15(3)12-19(18)29-5-2)25-26-22(27)31-14-21(28)24-17-9-7-6-8-16(17)23/h6-12H,4-5,13-14H2,1-3H3,(H,24,28). The molecule has 0 saturated carbocycles. The maximum Gasteiger partial charge on any atom is 0.234 e. The van der Waals surface area contributed by atoms with Crippen molar-refractivity contribution >= 4 is 23.4 Å². The predicted molar refractivity (Wildman–Crippen MR) is 118 cm³/mol. The number of halogens is 1. The van der Waals surface area contributed by atoms with Gasteiger partial charge in [0.1, 0.15) is 12.4 Å². The summed E-state index contributed by atoms with van der Waals surface area (Å²) in [5, 5.41) is 11.5. The van der Waals surface area contributed by atoms with Crippen molar-refractivity contribution in [3.63, 3.8) is 0 Å². The van der Waals surface area contributed by atoms with Crippen molar-refractivity contribution in [3.8, 4) is 11.5 Å². The van der Waals surface area contributed by atoms with E-state index >= 15 is 0 Å². The van der Waals surface area contributed by atoms with E-state index in [0.717, 1.165) is 5.56 Å². The van der Waals surface area contributed by atoms with Crippen molar-refractivity contribution in [1.29, 1.82) is 0 Å². The van der Waals surface area contributed by atoms with Crippen LogP contribution in [0.15, 0.2) is 47.6 Å². The Morgan fingerprint density at radius 2 is 1.94 bits per heavy atom. The summed E-state index contributed by atoms with van der Waals surface area (Å²) in [5.41, 5.74) is 1.24. The Balaban J connectivity index is 1.62. The normalized spacial score (nSPS) is 10.7. The summed E-state index contributed by atoms with van der Waals surface area (Å²) in [6.07, 6.45) is 0. The third kappa shape index (κ3) is 5.97. The predicted octanol–water partition coefficient (Wildman–Crippen LogP) is 4.45. The summed E-state index contributed by atoms with van der Waals surface area (Å²) in [6.45, 7) is 7.26. The van der Waals surface area contributed by atoms with E-state index in [2.05, 4.69) is 15.5 Å². The van der Waals surface area contributed by atoms with Crippen LogP contribution in [-0.2, 0) is 17.9 Å². The number of amides is 1. The van der Waals surface area contributed by atoms with Crippen molar-refractivity contribution in [1.82, 2.24) is 14.8 Å². The smallest absolute Gasteiger partial charge is 0.234 e. The third-order valence-corrected chi connectivity index (χ3v) is 5.31. The lowest BCUT2D eigenvalue weighted by Crippen LogP contribution is -2.15. The summed E-state index contributed by atoms with van der Waals surface area (Å²) < 4.78 is 27.1. The number of carbonyl (C=O) groups excluding carboxylic acids is 1. The molecule has 164 valence electrons. The summed E-state index contributed by atoms with van der Waals surface area (Å²) >= 11 is 1.24. The van der Waals surface area contributed by atoms with Crippen LogP contribution < -0.4 is 14.8 Å². The molecule has 1 N–H and O–H groups in total. The van der Waals surface area contributed by atoms with Crippen LogP contribution in [-0.4, -0.2) is 33.0 Å². The molecular formula is C22H25FN4O3S. The van der Waals surface area contributed by atoms with Crippen LogP contribution in [0.1, 0.15) is 25.2 Å². The monoisotopic (exact) mass is 444 g/mol. The number of nitrogens with zero attached hydrogens (tertiary/aromatic N) is 3. The number of rotatable bonds is 10. The molecule has 0 aliphatic rings. The molecule has 0 spiro atoms. The first kappa shape index (κ1) is 22.6. The van der Waals surface area contributed by atoms with E-state index in [-0.39, 0.29) is 24.0 Å². The molecule has 7 nitrogen and oxygen atoms in total. The Labute approximate surface area is 185 Å². The SMILES string of the molecule is CCOc1cc(C)ccc1OCc1nnc(SCC(=O)Nc2ccccc2F)n1CC. The number of hydrogen-bond donors (Lipinski definition) is 1. The average Bonchev–Trinajstić information content (AvgIpc) is 3.15. The fraction of sp³-hybridized carbons (Fsp3) is 0.318. The minimum atomic E-state index is -0.473. The lowest BCUT2D eigenvalue weighted by molar-refractivity contribution is -0.113. The molecular weight excluding hydrogens is 419 g/mol. The maximum atomic E-state index is 13.7. The number of aryl methyl sites for hydroxylation is 1. The van der Waals surface area contributed by atoms with Crippen LogP contribution in [0.4, 0.5) is 10.1 Å². The second kappa shape index (κ2) is 10.8. The zero-order valence-electron chi connectivity index (χ0n) is 17.7. The highest BCUT2D eigenvalue weighted by atomic mass is 32.2. The van der Waals surface area contributed by atoms with Gasteiger partial charge < -0.3 is 19.4 Å². The van der Waals surface area contributed by atoms with Crippen molar-refractivity contribution < 1.29 is 18.7 Å². The van der Waals surface area contributed by atoms with Crippen molar-refractivity contribution in [3.05, 3.63) is 59.7 Å². The van der Waals surface area contributed by atoms with E-state index in [1.165, 1.54) is 23.9 Å². The van der Waals surface area contributed by atoms with Gasteiger partial charge in [0.15, 0.2) is 22.5 Å². The Hall–Kier alpha value is -3.07. The van der Waals surface area contributed by atoms with Crippen LogP contribution in [0.5, 0.6) is 11.5 Å². The zero-order chi connectivity index (χ0) is 22.2. The van der Waals surface area contributed by atoms with E-state index in [9.17, 15) is 9.18 Å². The second-order valence-corrected chi connectivity index (χ2v) is 7.57. The molecule has 1 amide bonds. The number of carbonyl (C=O) groups is 1. The molecule has 0 atom stereocenters. The minimum Gasteiger partial charge on any atom is -0.490 e. The van der Waals surface area contributed by atoms with Gasteiger partial charge in [-0.3, -0.25) is 4.79 Å². The topological polar surface area (TPSA) is 78.3 Å². The van der Waals surface area contributed by atoms with Crippen LogP contribution in [0.2, 0.25) is 0 Å². The number of benzene rings is 2. The molecule has 0 fully saturated rings. The van der Waals surface area contributed by atoms with Crippen molar-refractivity contribution in [2.75, 3.05) is 17.7 Å². The number of aromatic nitrogens is 3. The highest BCUT2D eigenvalue weighted by Crippen LogP contribution is 2.29. The summed E-state index contributed by atoms with van der Waals surface area (Å²) in [7, 11) is 0. The molecule has 1 heterocycles. The number of para-hydroxylation sites is 1. The maximum absolute atomic E-state index is 13.7. The van der Waals surface area contributed by atoms with Gasteiger partial charge in [-0.05, 0) is 50.6 Å². The Morgan fingerprint density at radius 3 is 2.68 bits per heavy atom. The Morgan fingerprint density at radius 1 is 1.13 bits per heavy atom. The number of thioether (sulfide) groups is 1. The van der Waals surface area contributed by atoms with Gasteiger partial charge in [-0.15, -0.1) is 10.2 Å². The summed E-state index contributed by atoms with van der Waals surface area (Å²) in [6, 6.07) is 11.8. The van der Waals surface area contributed by atoms with E-state index in [0.29, 0.717) is 35.6 Å². The van der Waals surface area contributed by atoms with Gasteiger partial charge in [-0.25, -0.2) is 4.39 Å². The number of nitrogens with one attached hydrogen (secondary N) is 1. The van der Waals surface area contributed by atoms with Crippen molar-refractivity contribution in [2.24, 2.45) is 0 Å². The first-order valence-electron chi connectivity index (χ1n) is 9.97. The molecule has 3 aromatic rings. The van der Waals surface area contributed by atoms with Crippen LogP contribution in [0.25, 0.3) is 0 Å². The Bertz CT molecular complexity index is 1040. The third-order valence-electron chi connectivity index (χ3n) is 4.35. The van der Waals surface area contributed by atoms with Crippen LogP contribution in [0, 0.1) is 12.7 Å². The Kier molecular flexibility index (Phi) is 7.88. The van der Waals surface area contributed by atoms with Crippen LogP contribution in [0.3, 0.4) is 0 Å². The lowest BCUT2D eigenvalue weighted by atomic mass is 10.2. The van der Waals surface area contributed by atoms with Gasteiger partial charge in [0.25, 0.3) is 0 Å². The van der Waals surface area contributed by atoms with Crippen LogP contribution >= 0.6 is 11.8 Å². The molecule has 0 unspecified atom stereocenters. The molecule has 31 heavy (non-hydrogen) atoms. The zero-order valence-corrected chi connectivity index (χ0v) is 18.5. The lowest BCUT2D eigenvalue weighted by Gasteiger charge is -2.13. The van der Waals surface area contributed by atoms with Gasteiger partial charge in [-0.1, -0.05) is 30.0 Å². The minimum absolute atomic E-state index is 0.0831. The molecule has 0 saturated heterocycles.